The predicted molar refractivity (Wildman–Crippen MR) is 103 cm³/mol. The molecule has 0 aliphatic heterocycles. The topological polar surface area (TPSA) is 110 Å². The number of non-ortho nitro benzene ring substituents is 1. The molecule has 1 atom stereocenters. The third kappa shape index (κ3) is 5.27. The van der Waals surface area contributed by atoms with E-state index in [1.54, 1.807) is 13.8 Å². The number of carbonyl (C=O) groups excluding carboxylic acids is 1. The van der Waals surface area contributed by atoms with Crippen molar-refractivity contribution in [1.82, 2.24) is 5.32 Å². The van der Waals surface area contributed by atoms with E-state index in [1.165, 1.54) is 12.1 Å². The molecule has 27 heavy (non-hydrogen) atoms. The molecule has 0 radical (unpaired) electrons. The molecule has 1 N–H and O–H groups in total. The van der Waals surface area contributed by atoms with Gasteiger partial charge in [-0.2, -0.15) is 0 Å². The van der Waals surface area contributed by atoms with Crippen LogP contribution in [0.1, 0.15) is 24.1 Å². The molecule has 0 aliphatic carbocycles. The molecule has 2 rings (SSSR count). The molecular formula is C18H21N3O5S. The van der Waals surface area contributed by atoms with Crippen LogP contribution >= 0.6 is 0 Å². The highest BCUT2D eigenvalue weighted by Gasteiger charge is 2.25. The maximum absolute atomic E-state index is 12.4. The van der Waals surface area contributed by atoms with Crippen molar-refractivity contribution in [2.75, 3.05) is 17.1 Å². The number of nitro groups is 1. The van der Waals surface area contributed by atoms with E-state index < -0.39 is 27.4 Å². The number of benzene rings is 2. The van der Waals surface area contributed by atoms with E-state index in [0.29, 0.717) is 5.56 Å². The Morgan fingerprint density at radius 3 is 2.41 bits per heavy atom. The number of sulfonamides is 1. The van der Waals surface area contributed by atoms with Crippen LogP contribution in [0.5, 0.6) is 0 Å². The summed E-state index contributed by atoms with van der Waals surface area (Å²) in [5.74, 6) is -0.511. The lowest BCUT2D eigenvalue weighted by Crippen LogP contribution is -2.41. The fourth-order valence-electron chi connectivity index (χ4n) is 2.60. The molecule has 0 unspecified atom stereocenters. The number of anilines is 1. The number of nitrogens with zero attached hydrogens (tertiary/aromatic N) is 2. The smallest absolute Gasteiger partial charge is 0.271 e. The highest BCUT2D eigenvalue weighted by atomic mass is 32.2. The number of nitrogens with one attached hydrogen (secondary N) is 1. The second-order valence-electron chi connectivity index (χ2n) is 6.20. The monoisotopic (exact) mass is 391 g/mol. The molecule has 144 valence electrons. The van der Waals surface area contributed by atoms with E-state index in [0.717, 1.165) is 22.2 Å². The van der Waals surface area contributed by atoms with Crippen LogP contribution in [-0.4, -0.2) is 32.0 Å². The van der Waals surface area contributed by atoms with Gasteiger partial charge in [-0.25, -0.2) is 8.42 Å². The van der Waals surface area contributed by atoms with E-state index in [1.807, 2.05) is 30.3 Å². The van der Waals surface area contributed by atoms with E-state index in [-0.39, 0.29) is 17.4 Å². The maximum atomic E-state index is 12.4. The Balaban J connectivity index is 2.27. The first-order valence-electron chi connectivity index (χ1n) is 8.16. The molecule has 0 saturated carbocycles. The van der Waals surface area contributed by atoms with Crippen molar-refractivity contribution in [1.29, 1.82) is 0 Å². The van der Waals surface area contributed by atoms with Crippen LogP contribution in [-0.2, 0) is 14.8 Å². The van der Waals surface area contributed by atoms with Crippen molar-refractivity contribution in [3.8, 4) is 0 Å². The van der Waals surface area contributed by atoms with Gasteiger partial charge in [0.25, 0.3) is 5.69 Å². The van der Waals surface area contributed by atoms with Gasteiger partial charge in [0.05, 0.1) is 22.9 Å². The molecule has 2 aromatic carbocycles. The van der Waals surface area contributed by atoms with Gasteiger partial charge in [-0.3, -0.25) is 19.2 Å². The second kappa shape index (κ2) is 8.17. The summed E-state index contributed by atoms with van der Waals surface area (Å²) in [6.45, 7) is 2.94. The van der Waals surface area contributed by atoms with Crippen LogP contribution in [0.25, 0.3) is 0 Å². The van der Waals surface area contributed by atoms with Crippen molar-refractivity contribution in [2.45, 2.75) is 19.9 Å². The van der Waals surface area contributed by atoms with Gasteiger partial charge in [-0.1, -0.05) is 36.4 Å². The van der Waals surface area contributed by atoms with Gasteiger partial charge < -0.3 is 5.32 Å². The summed E-state index contributed by atoms with van der Waals surface area (Å²) in [5, 5.41) is 13.8. The highest BCUT2D eigenvalue weighted by Crippen LogP contribution is 2.27. The minimum atomic E-state index is -3.83. The summed E-state index contributed by atoms with van der Waals surface area (Å²) in [4.78, 5) is 22.8. The lowest BCUT2D eigenvalue weighted by Gasteiger charge is -2.24. The third-order valence-electron chi connectivity index (χ3n) is 4.04. The second-order valence-corrected chi connectivity index (χ2v) is 8.10. The molecule has 1 amide bonds. The predicted octanol–water partition coefficient (Wildman–Crippen LogP) is 2.55. The zero-order valence-electron chi connectivity index (χ0n) is 15.2. The van der Waals surface area contributed by atoms with Gasteiger partial charge >= 0.3 is 0 Å². The molecule has 0 saturated heterocycles. The maximum Gasteiger partial charge on any atom is 0.271 e. The van der Waals surface area contributed by atoms with E-state index >= 15 is 0 Å². The summed E-state index contributed by atoms with van der Waals surface area (Å²) < 4.78 is 25.3. The highest BCUT2D eigenvalue weighted by molar-refractivity contribution is 7.92. The Morgan fingerprint density at radius 1 is 1.22 bits per heavy atom. The first-order valence-corrected chi connectivity index (χ1v) is 10.0. The van der Waals surface area contributed by atoms with Crippen LogP contribution in [0.2, 0.25) is 0 Å². The Kier molecular flexibility index (Phi) is 6.17. The van der Waals surface area contributed by atoms with Gasteiger partial charge in [0.1, 0.15) is 6.54 Å². The number of rotatable bonds is 7. The summed E-state index contributed by atoms with van der Waals surface area (Å²) in [7, 11) is -3.83. The van der Waals surface area contributed by atoms with Crippen molar-refractivity contribution in [3.05, 3.63) is 69.8 Å². The molecule has 0 spiro atoms. The normalized spacial score (nSPS) is 12.3. The van der Waals surface area contributed by atoms with Crippen molar-refractivity contribution < 1.29 is 18.1 Å². The first kappa shape index (κ1) is 20.4. The number of aryl methyl sites for hydroxylation is 1. The van der Waals surface area contributed by atoms with Gasteiger partial charge in [0.15, 0.2) is 0 Å². The fourth-order valence-corrected chi connectivity index (χ4v) is 3.51. The summed E-state index contributed by atoms with van der Waals surface area (Å²) >= 11 is 0. The molecule has 9 heteroatoms. The van der Waals surface area contributed by atoms with Crippen molar-refractivity contribution in [2.24, 2.45) is 0 Å². The SMILES string of the molecule is Cc1ccc([N+](=O)[O-])cc1N(CC(=O)N[C@H](C)c1ccccc1)S(C)(=O)=O. The first-order chi connectivity index (χ1) is 12.6. The molecule has 2 aromatic rings. The zero-order chi connectivity index (χ0) is 20.2. The number of hydrogen-bond acceptors (Lipinski definition) is 5. The van der Waals surface area contributed by atoms with Crippen molar-refractivity contribution in [3.63, 3.8) is 0 Å². The van der Waals surface area contributed by atoms with Gasteiger partial charge in [-0.15, -0.1) is 0 Å². The molecule has 8 nitrogen and oxygen atoms in total. The minimum absolute atomic E-state index is 0.106. The molecule has 0 fully saturated rings. The lowest BCUT2D eigenvalue weighted by molar-refractivity contribution is -0.384. The lowest BCUT2D eigenvalue weighted by atomic mass is 10.1. The van der Waals surface area contributed by atoms with Crippen LogP contribution in [0.3, 0.4) is 0 Å². The number of carbonyl (C=O) groups is 1. The van der Waals surface area contributed by atoms with E-state index in [2.05, 4.69) is 5.32 Å². The van der Waals surface area contributed by atoms with Gasteiger partial charge in [-0.05, 0) is 25.0 Å². The Labute approximate surface area is 158 Å². The van der Waals surface area contributed by atoms with Gasteiger partial charge in [0, 0.05) is 12.1 Å². The number of amides is 1. The minimum Gasteiger partial charge on any atom is -0.348 e. The summed E-state index contributed by atoms with van der Waals surface area (Å²) in [5.41, 5.74) is 1.25. The van der Waals surface area contributed by atoms with Crippen LogP contribution in [0, 0.1) is 17.0 Å². The molecule has 0 aliphatic rings. The fraction of sp³-hybridized carbons (Fsp3) is 0.278. The quantitative estimate of drug-likeness (QED) is 0.576. The van der Waals surface area contributed by atoms with Crippen molar-refractivity contribution >= 4 is 27.3 Å². The number of nitro benzene ring substituents is 1. The Bertz CT molecular complexity index is 945. The average molecular weight is 391 g/mol. The average Bonchev–Trinajstić information content (AvgIpc) is 2.60. The molecule has 0 bridgehead atoms. The molecule has 0 heterocycles. The Hall–Kier alpha value is -2.94. The molecular weight excluding hydrogens is 370 g/mol. The summed E-state index contributed by atoms with van der Waals surface area (Å²) in [6, 6.07) is 12.8. The zero-order valence-corrected chi connectivity index (χ0v) is 16.1. The van der Waals surface area contributed by atoms with Crippen LogP contribution in [0.4, 0.5) is 11.4 Å². The Morgan fingerprint density at radius 2 is 1.85 bits per heavy atom. The summed E-state index contributed by atoms with van der Waals surface area (Å²) in [6.07, 6.45) is 0.958. The number of hydrogen-bond donors (Lipinski definition) is 1. The standard InChI is InChI=1S/C18H21N3O5S/c1-13-9-10-16(21(23)24)11-17(13)20(27(3,25)26)12-18(22)19-14(2)15-7-5-4-6-8-15/h4-11,14H,12H2,1-3H3,(H,19,22)/t14-/m1/s1. The van der Waals surface area contributed by atoms with Crippen LogP contribution in [0.15, 0.2) is 48.5 Å². The van der Waals surface area contributed by atoms with Gasteiger partial charge in [0.2, 0.25) is 15.9 Å². The van der Waals surface area contributed by atoms with Crippen LogP contribution < -0.4 is 9.62 Å². The van der Waals surface area contributed by atoms with E-state index in [4.69, 9.17) is 0 Å². The molecule has 0 aromatic heterocycles. The largest absolute Gasteiger partial charge is 0.348 e. The van der Waals surface area contributed by atoms with E-state index in [9.17, 15) is 23.3 Å². The third-order valence-corrected chi connectivity index (χ3v) is 5.16.